The second-order valence-corrected chi connectivity index (χ2v) is 9.18. The van der Waals surface area contributed by atoms with E-state index < -0.39 is 0 Å². The van der Waals surface area contributed by atoms with E-state index in [-0.39, 0.29) is 29.7 Å². The average molecular weight is 417 g/mol. The molecule has 3 fully saturated rings. The lowest BCUT2D eigenvalue weighted by atomic mass is 9.88. The molecule has 0 radical (unpaired) electrons. The Balaban J connectivity index is 1.20. The number of rotatable bonds is 5. The lowest BCUT2D eigenvalue weighted by molar-refractivity contribution is -0.125. The Kier molecular flexibility index (Phi) is 6.37. The number of benzene rings is 1. The number of amides is 1. The number of nitrogens with one attached hydrogen (secondary N) is 3. The van der Waals surface area contributed by atoms with Crippen LogP contribution < -0.4 is 16.0 Å². The third kappa shape index (κ3) is 5.27. The molecule has 1 aromatic carbocycles. The molecule has 3 saturated heterocycles. The molecule has 1 unspecified atom stereocenters. The summed E-state index contributed by atoms with van der Waals surface area (Å²) in [5.74, 6) is 0.0166. The summed E-state index contributed by atoms with van der Waals surface area (Å²) in [5.41, 5.74) is 1.38. The number of carbonyl (C=O) groups is 1. The molecule has 0 bridgehead atoms. The van der Waals surface area contributed by atoms with Gasteiger partial charge in [0.05, 0.1) is 11.7 Å². The summed E-state index contributed by atoms with van der Waals surface area (Å²) < 4.78 is 6.47. The lowest BCUT2D eigenvalue weighted by Crippen LogP contribution is -2.58. The first-order chi connectivity index (χ1) is 14.0. The molecule has 3 N–H and O–H groups in total. The Bertz CT molecular complexity index is 721. The number of likely N-dealkylation sites (tertiary alicyclic amines) is 1. The van der Waals surface area contributed by atoms with Crippen LogP contribution in [-0.2, 0) is 16.1 Å². The van der Waals surface area contributed by atoms with E-state index >= 15 is 0 Å². The quantitative estimate of drug-likeness (QED) is 0.638. The van der Waals surface area contributed by atoms with Crippen LogP contribution in [0.15, 0.2) is 30.3 Å². The van der Waals surface area contributed by atoms with E-state index in [0.717, 1.165) is 51.7 Å². The van der Waals surface area contributed by atoms with Gasteiger partial charge in [-0.3, -0.25) is 9.69 Å². The standard InChI is InChI=1S/C22H32N4O2S/c1-16-13-19(25-21(29)24-16)20(27)23-14-18-7-8-22(28-18)9-11-26(12-10-22)15-17-5-3-2-4-6-17/h2-6,16,18-19H,7-15H2,1H3,(H,23,27)(H2,24,25,29)/t16-,18?,19+/m1/s1. The van der Waals surface area contributed by atoms with Gasteiger partial charge in [0.2, 0.25) is 5.91 Å². The van der Waals surface area contributed by atoms with Crippen molar-refractivity contribution in [3.05, 3.63) is 35.9 Å². The maximum Gasteiger partial charge on any atom is 0.242 e. The van der Waals surface area contributed by atoms with Crippen molar-refractivity contribution in [3.63, 3.8) is 0 Å². The average Bonchev–Trinajstić information content (AvgIpc) is 3.11. The van der Waals surface area contributed by atoms with Crippen LogP contribution in [0.5, 0.6) is 0 Å². The predicted molar refractivity (Wildman–Crippen MR) is 118 cm³/mol. The number of ether oxygens (including phenoxy) is 1. The van der Waals surface area contributed by atoms with E-state index in [1.165, 1.54) is 5.56 Å². The summed E-state index contributed by atoms with van der Waals surface area (Å²) in [4.78, 5) is 15.0. The minimum Gasteiger partial charge on any atom is -0.370 e. The molecule has 6 nitrogen and oxygen atoms in total. The zero-order valence-electron chi connectivity index (χ0n) is 17.2. The van der Waals surface area contributed by atoms with Gasteiger partial charge in [-0.2, -0.15) is 0 Å². The van der Waals surface area contributed by atoms with E-state index in [9.17, 15) is 4.79 Å². The van der Waals surface area contributed by atoms with Gasteiger partial charge in [-0.25, -0.2) is 0 Å². The van der Waals surface area contributed by atoms with E-state index in [4.69, 9.17) is 17.0 Å². The molecule has 29 heavy (non-hydrogen) atoms. The monoisotopic (exact) mass is 416 g/mol. The summed E-state index contributed by atoms with van der Waals surface area (Å²) >= 11 is 5.17. The first-order valence-electron chi connectivity index (χ1n) is 10.8. The van der Waals surface area contributed by atoms with E-state index in [0.29, 0.717) is 11.7 Å². The zero-order valence-corrected chi connectivity index (χ0v) is 18.0. The van der Waals surface area contributed by atoms with Crippen molar-refractivity contribution in [2.45, 2.75) is 69.4 Å². The Hall–Kier alpha value is -1.70. The minimum absolute atomic E-state index is 0.00563. The van der Waals surface area contributed by atoms with Crippen LogP contribution in [0.4, 0.5) is 0 Å². The van der Waals surface area contributed by atoms with Crippen LogP contribution in [0, 0.1) is 0 Å². The SMILES string of the molecule is C[C@@H]1C[C@@H](C(=O)NCC2CCC3(CCN(Cc4ccccc4)CC3)O2)NC(=S)N1. The van der Waals surface area contributed by atoms with Gasteiger partial charge in [-0.15, -0.1) is 0 Å². The van der Waals surface area contributed by atoms with Gasteiger partial charge < -0.3 is 20.7 Å². The summed E-state index contributed by atoms with van der Waals surface area (Å²) in [6, 6.07) is 10.6. The van der Waals surface area contributed by atoms with Gasteiger partial charge in [0, 0.05) is 32.2 Å². The van der Waals surface area contributed by atoms with Gasteiger partial charge in [0.1, 0.15) is 6.04 Å². The van der Waals surface area contributed by atoms with Gasteiger partial charge in [0.25, 0.3) is 0 Å². The summed E-state index contributed by atoms with van der Waals surface area (Å²) in [7, 11) is 0. The smallest absolute Gasteiger partial charge is 0.242 e. The molecule has 4 rings (SSSR count). The first kappa shape index (κ1) is 20.6. The Morgan fingerprint density at radius 3 is 2.72 bits per heavy atom. The highest BCUT2D eigenvalue weighted by Gasteiger charge is 2.42. The third-order valence-corrected chi connectivity index (χ3v) is 6.68. The molecule has 3 atom stereocenters. The molecule has 1 aromatic rings. The molecule has 0 saturated carbocycles. The molecule has 0 aromatic heterocycles. The molecule has 3 aliphatic heterocycles. The number of thiocarbonyl (C=S) groups is 1. The van der Waals surface area contributed by atoms with Crippen molar-refractivity contribution in [3.8, 4) is 0 Å². The van der Waals surface area contributed by atoms with Crippen LogP contribution in [0.3, 0.4) is 0 Å². The highest BCUT2D eigenvalue weighted by Crippen LogP contribution is 2.39. The van der Waals surface area contributed by atoms with Crippen molar-refractivity contribution in [1.82, 2.24) is 20.9 Å². The van der Waals surface area contributed by atoms with Crippen LogP contribution >= 0.6 is 12.2 Å². The number of hydrogen-bond acceptors (Lipinski definition) is 4. The van der Waals surface area contributed by atoms with Gasteiger partial charge in [0.15, 0.2) is 5.11 Å². The number of hydrogen-bond donors (Lipinski definition) is 3. The van der Waals surface area contributed by atoms with Crippen molar-refractivity contribution in [2.75, 3.05) is 19.6 Å². The Morgan fingerprint density at radius 2 is 2.00 bits per heavy atom. The molecular weight excluding hydrogens is 384 g/mol. The highest BCUT2D eigenvalue weighted by molar-refractivity contribution is 7.80. The first-order valence-corrected chi connectivity index (χ1v) is 11.2. The van der Waals surface area contributed by atoms with Gasteiger partial charge >= 0.3 is 0 Å². The lowest BCUT2D eigenvalue weighted by Gasteiger charge is -2.39. The molecule has 3 aliphatic rings. The largest absolute Gasteiger partial charge is 0.370 e. The van der Waals surface area contributed by atoms with Gasteiger partial charge in [-0.05, 0) is 56.8 Å². The highest BCUT2D eigenvalue weighted by atomic mass is 32.1. The fourth-order valence-electron chi connectivity index (χ4n) is 4.77. The van der Waals surface area contributed by atoms with Crippen molar-refractivity contribution >= 4 is 23.2 Å². The van der Waals surface area contributed by atoms with Crippen LogP contribution in [0.1, 0.15) is 44.6 Å². The van der Waals surface area contributed by atoms with Crippen molar-refractivity contribution < 1.29 is 9.53 Å². The van der Waals surface area contributed by atoms with Gasteiger partial charge in [-0.1, -0.05) is 30.3 Å². The predicted octanol–water partition coefficient (Wildman–Crippen LogP) is 1.94. The van der Waals surface area contributed by atoms with Crippen molar-refractivity contribution in [2.24, 2.45) is 0 Å². The van der Waals surface area contributed by atoms with Crippen LogP contribution in [-0.4, -0.2) is 59.3 Å². The molecule has 1 spiro atoms. The van der Waals surface area contributed by atoms with E-state index in [1.807, 2.05) is 6.92 Å². The number of carbonyl (C=O) groups excluding carboxylic acids is 1. The van der Waals surface area contributed by atoms with Crippen LogP contribution in [0.2, 0.25) is 0 Å². The summed E-state index contributed by atoms with van der Waals surface area (Å²) in [6.07, 6.45) is 5.12. The van der Waals surface area contributed by atoms with E-state index in [2.05, 4.69) is 51.2 Å². The molecule has 3 heterocycles. The molecular formula is C22H32N4O2S. The second-order valence-electron chi connectivity index (χ2n) is 8.78. The van der Waals surface area contributed by atoms with E-state index in [1.54, 1.807) is 0 Å². The summed E-state index contributed by atoms with van der Waals surface area (Å²) in [5, 5.41) is 9.83. The molecule has 1 amide bonds. The Labute approximate surface area is 178 Å². The molecule has 7 heteroatoms. The minimum atomic E-state index is -0.254. The maximum atomic E-state index is 12.5. The van der Waals surface area contributed by atoms with Crippen LogP contribution in [0.25, 0.3) is 0 Å². The van der Waals surface area contributed by atoms with Crippen molar-refractivity contribution in [1.29, 1.82) is 0 Å². The fraction of sp³-hybridized carbons (Fsp3) is 0.636. The second kappa shape index (κ2) is 8.98. The Morgan fingerprint density at radius 1 is 1.24 bits per heavy atom. The fourth-order valence-corrected chi connectivity index (χ4v) is 5.12. The molecule has 158 valence electrons. The normalized spacial score (nSPS) is 29.3. The molecule has 0 aliphatic carbocycles. The maximum absolute atomic E-state index is 12.5. The third-order valence-electron chi connectivity index (χ3n) is 6.45. The zero-order chi connectivity index (χ0) is 20.3. The number of piperidine rings is 1. The topological polar surface area (TPSA) is 65.6 Å². The summed E-state index contributed by atoms with van der Waals surface area (Å²) in [6.45, 7) is 5.78. The number of nitrogens with zero attached hydrogens (tertiary/aromatic N) is 1.